The maximum Gasteiger partial charge on any atom is 0.227 e. The lowest BCUT2D eigenvalue weighted by atomic mass is 10.0. The molecule has 8 nitrogen and oxygen atoms in total. The molecule has 0 bridgehead atoms. The van der Waals surface area contributed by atoms with Gasteiger partial charge in [-0.3, -0.25) is 10.6 Å². The number of piperidine rings is 1. The number of carbonyl (C=O) groups is 1. The smallest absolute Gasteiger partial charge is 0.227 e. The standard InChI is InChI=1S/C18H25N7O/c1-9-5-4-6-12-13(9)23-11(3)24-14(12)10(2)22-16(26)15-17(19)7-25(21)8-18(15,17)20/h4-6,10,15H,7-8,19-21H2,1-3H3,(H,22,26)/t10?,15-,17+,18-. The first-order chi connectivity index (χ1) is 12.2. The molecule has 2 aromatic rings. The number of nitrogens with one attached hydrogen (secondary N) is 1. The second-order valence-corrected chi connectivity index (χ2v) is 7.78. The van der Waals surface area contributed by atoms with Gasteiger partial charge in [-0.1, -0.05) is 18.2 Å². The summed E-state index contributed by atoms with van der Waals surface area (Å²) in [5.41, 5.74) is 13.9. The zero-order valence-electron chi connectivity index (χ0n) is 15.3. The fraction of sp³-hybridized carbons (Fsp3) is 0.500. The summed E-state index contributed by atoms with van der Waals surface area (Å²) in [6, 6.07) is 5.68. The van der Waals surface area contributed by atoms with E-state index in [0.717, 1.165) is 22.2 Å². The van der Waals surface area contributed by atoms with E-state index in [0.29, 0.717) is 18.9 Å². The molecule has 8 heteroatoms. The minimum absolute atomic E-state index is 0.146. The Bertz CT molecular complexity index is 898. The first-order valence-corrected chi connectivity index (χ1v) is 8.79. The summed E-state index contributed by atoms with van der Waals surface area (Å²) >= 11 is 0. The van der Waals surface area contributed by atoms with Crippen molar-refractivity contribution in [1.82, 2.24) is 20.3 Å². The Morgan fingerprint density at radius 3 is 2.58 bits per heavy atom. The molecule has 1 unspecified atom stereocenters. The van der Waals surface area contributed by atoms with Gasteiger partial charge in [-0.2, -0.15) is 0 Å². The van der Waals surface area contributed by atoms with Crippen LogP contribution in [0.5, 0.6) is 0 Å². The molecule has 2 aliphatic rings. The first kappa shape index (κ1) is 17.3. The van der Waals surface area contributed by atoms with Crippen LogP contribution in [0.25, 0.3) is 10.9 Å². The van der Waals surface area contributed by atoms with Crippen molar-refractivity contribution in [2.24, 2.45) is 23.2 Å². The third-order valence-electron chi connectivity index (χ3n) is 5.84. The van der Waals surface area contributed by atoms with Gasteiger partial charge in [0.05, 0.1) is 34.2 Å². The third-order valence-corrected chi connectivity index (χ3v) is 5.84. The summed E-state index contributed by atoms with van der Waals surface area (Å²) in [5.74, 6) is 5.89. The number of rotatable bonds is 3. The fourth-order valence-corrected chi connectivity index (χ4v) is 4.45. The number of benzene rings is 1. The van der Waals surface area contributed by atoms with Gasteiger partial charge in [0.25, 0.3) is 0 Å². The number of fused-ring (bicyclic) bond motifs is 2. The molecule has 4 atom stereocenters. The molecule has 7 N–H and O–H groups in total. The van der Waals surface area contributed by atoms with Crippen molar-refractivity contribution in [3.05, 3.63) is 35.3 Å². The van der Waals surface area contributed by atoms with E-state index < -0.39 is 17.0 Å². The van der Waals surface area contributed by atoms with Crippen LogP contribution >= 0.6 is 0 Å². The van der Waals surface area contributed by atoms with E-state index in [1.165, 1.54) is 0 Å². The summed E-state index contributed by atoms with van der Waals surface area (Å²) in [6.07, 6.45) is 0. The monoisotopic (exact) mass is 355 g/mol. The highest BCUT2D eigenvalue weighted by Crippen LogP contribution is 2.55. The maximum absolute atomic E-state index is 12.8. The average molecular weight is 355 g/mol. The predicted molar refractivity (Wildman–Crippen MR) is 98.7 cm³/mol. The number of hydrogen-bond acceptors (Lipinski definition) is 7. The second kappa shape index (κ2) is 5.43. The summed E-state index contributed by atoms with van der Waals surface area (Å²) < 4.78 is 0. The van der Waals surface area contributed by atoms with Crippen molar-refractivity contribution in [3.8, 4) is 0 Å². The third kappa shape index (κ3) is 2.26. The molecule has 2 fully saturated rings. The Labute approximate surface area is 152 Å². The molecule has 1 saturated carbocycles. The Kier molecular flexibility index (Phi) is 3.61. The SMILES string of the molecule is Cc1nc(C(C)NC(=O)[C@H]2[C@]3(N)CN(N)C[C@]23N)c2cccc(C)c2n1. The molecule has 1 aliphatic carbocycles. The largest absolute Gasteiger partial charge is 0.348 e. The summed E-state index contributed by atoms with van der Waals surface area (Å²) in [4.78, 5) is 21.9. The van der Waals surface area contributed by atoms with E-state index in [2.05, 4.69) is 15.3 Å². The zero-order valence-corrected chi connectivity index (χ0v) is 15.3. The van der Waals surface area contributed by atoms with E-state index >= 15 is 0 Å². The van der Waals surface area contributed by atoms with Crippen molar-refractivity contribution >= 4 is 16.8 Å². The van der Waals surface area contributed by atoms with Gasteiger partial charge in [-0.25, -0.2) is 15.0 Å². The van der Waals surface area contributed by atoms with Gasteiger partial charge in [-0.15, -0.1) is 0 Å². The van der Waals surface area contributed by atoms with Crippen molar-refractivity contribution in [2.45, 2.75) is 37.9 Å². The minimum Gasteiger partial charge on any atom is -0.348 e. The number of para-hydroxylation sites is 1. The molecule has 138 valence electrons. The number of nitrogens with two attached hydrogens (primary N) is 3. The van der Waals surface area contributed by atoms with Crippen LogP contribution in [0, 0.1) is 19.8 Å². The predicted octanol–water partition coefficient (Wildman–Crippen LogP) is -0.362. The van der Waals surface area contributed by atoms with Gasteiger partial charge < -0.3 is 16.8 Å². The minimum atomic E-state index is -0.758. The summed E-state index contributed by atoms with van der Waals surface area (Å²) in [6.45, 7) is 6.63. The molecule has 1 aromatic heterocycles. The molecule has 1 saturated heterocycles. The van der Waals surface area contributed by atoms with E-state index in [1.54, 1.807) is 5.01 Å². The van der Waals surface area contributed by atoms with E-state index in [-0.39, 0.29) is 11.9 Å². The fourth-order valence-electron chi connectivity index (χ4n) is 4.45. The zero-order chi connectivity index (χ0) is 18.9. The number of amides is 1. The van der Waals surface area contributed by atoms with E-state index in [4.69, 9.17) is 17.3 Å². The maximum atomic E-state index is 12.8. The summed E-state index contributed by atoms with van der Waals surface area (Å²) in [5, 5.41) is 5.56. The van der Waals surface area contributed by atoms with Crippen LogP contribution in [0.1, 0.15) is 30.0 Å². The Hall–Kier alpha value is -2.13. The highest BCUT2D eigenvalue weighted by molar-refractivity contribution is 5.89. The molecular formula is C18H25N7O. The number of aryl methyl sites for hydroxylation is 2. The quantitative estimate of drug-likeness (QED) is 0.552. The normalized spacial score (nSPS) is 31.7. The molecule has 1 amide bonds. The van der Waals surface area contributed by atoms with Crippen molar-refractivity contribution < 1.29 is 4.79 Å². The van der Waals surface area contributed by atoms with E-state index in [9.17, 15) is 4.79 Å². The van der Waals surface area contributed by atoms with Gasteiger partial charge in [0.1, 0.15) is 5.82 Å². The topological polar surface area (TPSA) is 136 Å². The van der Waals surface area contributed by atoms with Crippen LogP contribution in [-0.2, 0) is 4.79 Å². The van der Waals surface area contributed by atoms with Gasteiger partial charge in [-0.05, 0) is 26.3 Å². The van der Waals surface area contributed by atoms with E-state index in [1.807, 2.05) is 39.0 Å². The molecule has 0 spiro atoms. The molecular weight excluding hydrogens is 330 g/mol. The number of nitrogens with zero attached hydrogens (tertiary/aromatic N) is 3. The number of aromatic nitrogens is 2. The molecule has 0 radical (unpaired) electrons. The van der Waals surface area contributed by atoms with Gasteiger partial charge in [0, 0.05) is 18.5 Å². The lowest BCUT2D eigenvalue weighted by Crippen LogP contribution is -2.44. The van der Waals surface area contributed by atoms with Crippen LogP contribution in [0.4, 0.5) is 0 Å². The molecule has 2 heterocycles. The molecule has 4 rings (SSSR count). The van der Waals surface area contributed by atoms with Gasteiger partial charge in [0.15, 0.2) is 0 Å². The van der Waals surface area contributed by atoms with Crippen LogP contribution in [0.15, 0.2) is 18.2 Å². The van der Waals surface area contributed by atoms with Crippen LogP contribution < -0.4 is 22.6 Å². The highest BCUT2D eigenvalue weighted by Gasteiger charge is 2.79. The van der Waals surface area contributed by atoms with Gasteiger partial charge in [0.2, 0.25) is 5.91 Å². The summed E-state index contributed by atoms with van der Waals surface area (Å²) in [7, 11) is 0. The molecule has 1 aromatic carbocycles. The Balaban J connectivity index is 1.60. The number of carbonyl (C=O) groups excluding carboxylic acids is 1. The Morgan fingerprint density at radius 2 is 1.92 bits per heavy atom. The molecule has 1 aliphatic heterocycles. The number of hydrogen-bond donors (Lipinski definition) is 4. The van der Waals surface area contributed by atoms with Crippen molar-refractivity contribution in [1.29, 1.82) is 0 Å². The van der Waals surface area contributed by atoms with Gasteiger partial charge >= 0.3 is 0 Å². The second-order valence-electron chi connectivity index (χ2n) is 7.78. The number of hydrazine groups is 1. The highest BCUT2D eigenvalue weighted by atomic mass is 16.2. The lowest BCUT2D eigenvalue weighted by molar-refractivity contribution is -0.124. The van der Waals surface area contributed by atoms with Crippen molar-refractivity contribution in [2.75, 3.05) is 13.1 Å². The van der Waals surface area contributed by atoms with Crippen LogP contribution in [0.3, 0.4) is 0 Å². The van der Waals surface area contributed by atoms with Crippen molar-refractivity contribution in [3.63, 3.8) is 0 Å². The van der Waals surface area contributed by atoms with Crippen LogP contribution in [-0.4, -0.2) is 45.1 Å². The first-order valence-electron chi connectivity index (χ1n) is 8.79. The Morgan fingerprint density at radius 1 is 1.27 bits per heavy atom. The average Bonchev–Trinajstić information content (AvgIpc) is 2.88. The molecule has 26 heavy (non-hydrogen) atoms. The van der Waals surface area contributed by atoms with Crippen LogP contribution in [0.2, 0.25) is 0 Å². The lowest BCUT2D eigenvalue weighted by Gasteiger charge is -2.20.